The maximum atomic E-state index is 5.41. The van der Waals surface area contributed by atoms with Crippen LogP contribution in [0.2, 0.25) is 0 Å². The van der Waals surface area contributed by atoms with Crippen LogP contribution in [0.5, 0.6) is 0 Å². The number of pyridine rings is 1. The van der Waals surface area contributed by atoms with Crippen molar-refractivity contribution in [1.82, 2.24) is 20.3 Å². The van der Waals surface area contributed by atoms with Crippen LogP contribution in [0.4, 0.5) is 0 Å². The standard InChI is InChI=1S/C14H16N4S/c1-8-5-10(6-9(2)16-8)13-17-12-3-4-15-7-11(12)14(19)18-13/h5-6,15H,3-4,7H2,1-2H3,(H,17,18,19). The number of hydrogen-bond acceptors (Lipinski definition) is 4. The van der Waals surface area contributed by atoms with Crippen LogP contribution in [0, 0.1) is 18.5 Å². The molecule has 2 aromatic heterocycles. The lowest BCUT2D eigenvalue weighted by Gasteiger charge is -2.17. The molecule has 0 bridgehead atoms. The van der Waals surface area contributed by atoms with Crippen LogP contribution in [-0.2, 0) is 13.0 Å². The summed E-state index contributed by atoms with van der Waals surface area (Å²) in [5.41, 5.74) is 5.39. The van der Waals surface area contributed by atoms with E-state index in [0.29, 0.717) is 4.64 Å². The lowest BCUT2D eigenvalue weighted by Crippen LogP contribution is -2.25. The smallest absolute Gasteiger partial charge is 0.139 e. The molecule has 0 spiro atoms. The molecule has 0 aliphatic carbocycles. The molecule has 0 saturated heterocycles. The van der Waals surface area contributed by atoms with Gasteiger partial charge in [-0.3, -0.25) is 4.98 Å². The summed E-state index contributed by atoms with van der Waals surface area (Å²) in [6.07, 6.45) is 0.970. The second-order valence-electron chi connectivity index (χ2n) is 4.91. The molecule has 5 heteroatoms. The van der Waals surface area contributed by atoms with Crippen molar-refractivity contribution in [1.29, 1.82) is 0 Å². The van der Waals surface area contributed by atoms with Crippen molar-refractivity contribution in [3.8, 4) is 11.4 Å². The van der Waals surface area contributed by atoms with Crippen LogP contribution in [0.1, 0.15) is 22.6 Å². The van der Waals surface area contributed by atoms with Crippen molar-refractivity contribution < 1.29 is 0 Å². The monoisotopic (exact) mass is 272 g/mol. The molecule has 0 atom stereocenters. The Morgan fingerprint density at radius 2 is 1.89 bits per heavy atom. The number of aromatic nitrogens is 3. The Morgan fingerprint density at radius 3 is 2.63 bits per heavy atom. The average molecular weight is 272 g/mol. The number of aryl methyl sites for hydroxylation is 2. The molecule has 0 radical (unpaired) electrons. The highest BCUT2D eigenvalue weighted by Gasteiger charge is 2.13. The molecule has 2 aromatic rings. The van der Waals surface area contributed by atoms with Crippen molar-refractivity contribution in [2.24, 2.45) is 0 Å². The van der Waals surface area contributed by atoms with Gasteiger partial charge in [-0.2, -0.15) is 0 Å². The summed E-state index contributed by atoms with van der Waals surface area (Å²) < 4.78 is 0.697. The van der Waals surface area contributed by atoms with E-state index in [-0.39, 0.29) is 0 Å². The van der Waals surface area contributed by atoms with Crippen LogP contribution < -0.4 is 5.32 Å². The zero-order valence-electron chi connectivity index (χ0n) is 11.1. The van der Waals surface area contributed by atoms with Gasteiger partial charge in [-0.15, -0.1) is 0 Å². The lowest BCUT2D eigenvalue weighted by atomic mass is 10.1. The van der Waals surface area contributed by atoms with Crippen molar-refractivity contribution >= 4 is 12.2 Å². The summed E-state index contributed by atoms with van der Waals surface area (Å²) in [5.74, 6) is 0.847. The Morgan fingerprint density at radius 1 is 1.16 bits per heavy atom. The Balaban J connectivity index is 2.15. The van der Waals surface area contributed by atoms with Gasteiger partial charge in [-0.25, -0.2) is 4.98 Å². The van der Waals surface area contributed by atoms with Crippen molar-refractivity contribution in [2.75, 3.05) is 6.54 Å². The van der Waals surface area contributed by atoms with Gasteiger partial charge < -0.3 is 10.3 Å². The third kappa shape index (κ3) is 2.43. The van der Waals surface area contributed by atoms with E-state index >= 15 is 0 Å². The summed E-state index contributed by atoms with van der Waals surface area (Å²) in [6, 6.07) is 4.07. The van der Waals surface area contributed by atoms with Crippen molar-refractivity contribution in [3.63, 3.8) is 0 Å². The van der Waals surface area contributed by atoms with Gasteiger partial charge in [0.05, 0.1) is 0 Å². The molecule has 0 fully saturated rings. The van der Waals surface area contributed by atoms with Gasteiger partial charge >= 0.3 is 0 Å². The first-order valence-electron chi connectivity index (χ1n) is 6.42. The summed E-state index contributed by atoms with van der Waals surface area (Å²) in [7, 11) is 0. The normalized spacial score (nSPS) is 14.2. The predicted molar refractivity (Wildman–Crippen MR) is 77.5 cm³/mol. The molecule has 2 N–H and O–H groups in total. The Kier molecular flexibility index (Phi) is 3.16. The van der Waals surface area contributed by atoms with E-state index < -0.39 is 0 Å². The SMILES string of the molecule is Cc1cc(-c2nc(=S)c3c([nH]2)CCNC3)cc(C)n1. The summed E-state index contributed by atoms with van der Waals surface area (Å²) in [6.45, 7) is 5.78. The molecule has 0 aromatic carbocycles. The van der Waals surface area contributed by atoms with Gasteiger partial charge in [-0.1, -0.05) is 12.2 Å². The molecule has 0 amide bonds. The van der Waals surface area contributed by atoms with E-state index in [1.807, 2.05) is 26.0 Å². The minimum atomic E-state index is 0.697. The summed E-state index contributed by atoms with van der Waals surface area (Å²) in [5, 5.41) is 3.32. The number of rotatable bonds is 1. The van der Waals surface area contributed by atoms with E-state index in [1.165, 1.54) is 5.69 Å². The number of H-pyrrole nitrogens is 1. The fraction of sp³-hybridized carbons (Fsp3) is 0.357. The van der Waals surface area contributed by atoms with Crippen LogP contribution >= 0.6 is 12.2 Å². The second-order valence-corrected chi connectivity index (χ2v) is 5.30. The quantitative estimate of drug-likeness (QED) is 0.783. The van der Waals surface area contributed by atoms with E-state index in [1.54, 1.807) is 0 Å². The van der Waals surface area contributed by atoms with E-state index in [4.69, 9.17) is 12.2 Å². The van der Waals surface area contributed by atoms with Crippen molar-refractivity contribution in [3.05, 3.63) is 39.4 Å². The minimum absolute atomic E-state index is 0.697. The van der Waals surface area contributed by atoms with Crippen LogP contribution in [0.25, 0.3) is 11.4 Å². The number of aromatic amines is 1. The van der Waals surface area contributed by atoms with Gasteiger partial charge in [0.15, 0.2) is 0 Å². The fourth-order valence-corrected chi connectivity index (χ4v) is 2.76. The molecule has 0 saturated carbocycles. The molecule has 1 aliphatic rings. The molecule has 4 nitrogen and oxygen atoms in total. The van der Waals surface area contributed by atoms with Crippen molar-refractivity contribution in [2.45, 2.75) is 26.8 Å². The highest BCUT2D eigenvalue weighted by Crippen LogP contribution is 2.20. The van der Waals surface area contributed by atoms with Gasteiger partial charge in [0.1, 0.15) is 10.5 Å². The zero-order chi connectivity index (χ0) is 13.4. The molecule has 3 heterocycles. The van der Waals surface area contributed by atoms with E-state index in [9.17, 15) is 0 Å². The molecule has 98 valence electrons. The first kappa shape index (κ1) is 12.4. The highest BCUT2D eigenvalue weighted by atomic mass is 32.1. The Hall–Kier alpha value is -1.59. The van der Waals surface area contributed by atoms with Crippen LogP contribution in [0.15, 0.2) is 12.1 Å². The Bertz CT molecular complexity index is 670. The predicted octanol–water partition coefficient (Wildman–Crippen LogP) is 2.46. The van der Waals surface area contributed by atoms with Gasteiger partial charge in [-0.05, 0) is 26.0 Å². The van der Waals surface area contributed by atoms with Gasteiger partial charge in [0.2, 0.25) is 0 Å². The third-order valence-electron chi connectivity index (χ3n) is 3.31. The highest BCUT2D eigenvalue weighted by molar-refractivity contribution is 7.71. The van der Waals surface area contributed by atoms with E-state index in [0.717, 1.165) is 47.8 Å². The van der Waals surface area contributed by atoms with Gasteiger partial charge in [0, 0.05) is 47.7 Å². The minimum Gasteiger partial charge on any atom is -0.343 e. The maximum Gasteiger partial charge on any atom is 0.139 e. The van der Waals surface area contributed by atoms with E-state index in [2.05, 4.69) is 20.3 Å². The fourth-order valence-electron chi connectivity index (χ4n) is 2.47. The molecule has 1 aliphatic heterocycles. The maximum absolute atomic E-state index is 5.41. The van der Waals surface area contributed by atoms with Crippen LogP contribution in [0.3, 0.4) is 0 Å². The first-order chi connectivity index (χ1) is 9.13. The number of nitrogens with one attached hydrogen (secondary N) is 2. The average Bonchev–Trinajstić information content (AvgIpc) is 2.37. The molecular formula is C14H16N4S. The zero-order valence-corrected chi connectivity index (χ0v) is 11.9. The number of fused-ring (bicyclic) bond motifs is 1. The summed E-state index contributed by atoms with van der Waals surface area (Å²) >= 11 is 5.41. The van der Waals surface area contributed by atoms with Gasteiger partial charge in [0.25, 0.3) is 0 Å². The number of hydrogen-bond donors (Lipinski definition) is 2. The molecule has 0 unspecified atom stereocenters. The third-order valence-corrected chi connectivity index (χ3v) is 3.65. The molecule has 19 heavy (non-hydrogen) atoms. The Labute approximate surface area is 117 Å². The topological polar surface area (TPSA) is 53.6 Å². The second kappa shape index (κ2) is 4.83. The molecular weight excluding hydrogens is 256 g/mol. The number of nitrogens with zero attached hydrogens (tertiary/aromatic N) is 2. The first-order valence-corrected chi connectivity index (χ1v) is 6.83. The lowest BCUT2D eigenvalue weighted by molar-refractivity contribution is 0.624. The van der Waals surface area contributed by atoms with Crippen LogP contribution in [-0.4, -0.2) is 21.5 Å². The largest absolute Gasteiger partial charge is 0.343 e. The molecule has 3 rings (SSSR count). The summed E-state index contributed by atoms with van der Waals surface area (Å²) in [4.78, 5) is 12.4.